The Hall–Kier alpha value is 0.0900. The van der Waals surface area contributed by atoms with Crippen molar-refractivity contribution in [3.63, 3.8) is 0 Å². The number of hydrogen-bond donors (Lipinski definition) is 2. The minimum atomic E-state index is -4.08. The molecule has 0 aromatic heterocycles. The van der Waals surface area contributed by atoms with Gasteiger partial charge < -0.3 is 6.15 Å². The zero-order chi connectivity index (χ0) is 10.1. The summed E-state index contributed by atoms with van der Waals surface area (Å²) < 4.78 is 30.7. The molecule has 0 amide bonds. The molecule has 15 heavy (non-hydrogen) atoms. The van der Waals surface area contributed by atoms with Gasteiger partial charge in [0.15, 0.2) is 0 Å². The normalized spacial score (nSPS) is 10.4. The third-order valence-electron chi connectivity index (χ3n) is 1.82. The molecule has 0 unspecified atom stereocenters. The molecule has 0 aliphatic carbocycles. The Morgan fingerprint density at radius 3 is 2.00 bits per heavy atom. The Bertz CT molecular complexity index is 404. The summed E-state index contributed by atoms with van der Waals surface area (Å²) in [7, 11) is -4.08. The minimum Gasteiger partial charge on any atom is -0.344 e. The maximum absolute atomic E-state index is 10.9. The van der Waals surface area contributed by atoms with Gasteiger partial charge in [0.2, 0.25) is 0 Å². The van der Waals surface area contributed by atoms with Crippen LogP contribution < -0.4 is 6.15 Å². The number of hydrogen-bond acceptors (Lipinski definition) is 3. The summed E-state index contributed by atoms with van der Waals surface area (Å²) in [5, 5.41) is 0. The van der Waals surface area contributed by atoms with Crippen LogP contribution in [0.25, 0.3) is 0 Å². The van der Waals surface area contributed by atoms with Crippen LogP contribution in [0.15, 0.2) is 29.2 Å². The molecule has 6 heteroatoms. The Morgan fingerprint density at radius 2 is 1.67 bits per heavy atom. The molecule has 81 valence electrons. The molecule has 0 atom stereocenters. The molecule has 0 bridgehead atoms. The second kappa shape index (κ2) is 6.62. The van der Waals surface area contributed by atoms with E-state index in [0.717, 1.165) is 0 Å². The van der Waals surface area contributed by atoms with Crippen molar-refractivity contribution in [1.82, 2.24) is 6.15 Å². The van der Waals surface area contributed by atoms with Crippen LogP contribution in [-0.2, 0) is 10.1 Å². The Labute approximate surface area is 113 Å². The standard InChI is InChI=1S/C9H12O3S.H3N.Na/c1-7(2)8-5-3-4-6-9(8)13(10,11)12;;/h3-7H,1-2H3,(H,10,11,12);1H3;. The van der Waals surface area contributed by atoms with Gasteiger partial charge in [0, 0.05) is 29.6 Å². The fourth-order valence-electron chi connectivity index (χ4n) is 1.19. The summed E-state index contributed by atoms with van der Waals surface area (Å²) in [6, 6.07) is 6.46. The fourth-order valence-corrected chi connectivity index (χ4v) is 2.04. The van der Waals surface area contributed by atoms with Crippen LogP contribution in [0.5, 0.6) is 0 Å². The van der Waals surface area contributed by atoms with Crippen LogP contribution in [0.4, 0.5) is 0 Å². The van der Waals surface area contributed by atoms with Crippen molar-refractivity contribution >= 4 is 39.7 Å². The molecule has 0 aliphatic rings. The minimum absolute atomic E-state index is 0. The van der Waals surface area contributed by atoms with E-state index in [4.69, 9.17) is 4.55 Å². The zero-order valence-electron chi connectivity index (χ0n) is 9.27. The Kier molecular flexibility index (Phi) is 7.72. The van der Waals surface area contributed by atoms with Gasteiger partial charge in [-0.1, -0.05) is 32.0 Å². The number of rotatable bonds is 2. The fraction of sp³-hybridized carbons (Fsp3) is 0.333. The van der Waals surface area contributed by atoms with E-state index in [-0.39, 0.29) is 46.5 Å². The van der Waals surface area contributed by atoms with E-state index < -0.39 is 10.1 Å². The first-order valence-electron chi connectivity index (χ1n) is 3.99. The molecule has 0 fully saturated rings. The van der Waals surface area contributed by atoms with E-state index in [1.807, 2.05) is 13.8 Å². The predicted molar refractivity (Wildman–Crippen MR) is 61.1 cm³/mol. The molecule has 4 nitrogen and oxygen atoms in total. The quantitative estimate of drug-likeness (QED) is 0.609. The molecular formula is C9H15NNaO3S. The van der Waals surface area contributed by atoms with Crippen LogP contribution in [0.3, 0.4) is 0 Å². The Balaban J connectivity index is 0. The van der Waals surface area contributed by atoms with Gasteiger partial charge >= 0.3 is 0 Å². The molecule has 0 spiro atoms. The largest absolute Gasteiger partial charge is 0.344 e. The van der Waals surface area contributed by atoms with Gasteiger partial charge in [-0.25, -0.2) is 0 Å². The maximum Gasteiger partial charge on any atom is 0.294 e. The second-order valence-electron chi connectivity index (χ2n) is 3.17. The van der Waals surface area contributed by atoms with Crippen molar-refractivity contribution in [2.45, 2.75) is 24.7 Å². The second-order valence-corrected chi connectivity index (χ2v) is 4.56. The first kappa shape index (κ1) is 17.5. The van der Waals surface area contributed by atoms with Gasteiger partial charge in [0.1, 0.15) is 0 Å². The van der Waals surface area contributed by atoms with Crippen LogP contribution in [0.2, 0.25) is 0 Å². The Morgan fingerprint density at radius 1 is 1.20 bits per heavy atom. The molecule has 4 N–H and O–H groups in total. The maximum atomic E-state index is 10.9. The van der Waals surface area contributed by atoms with Crippen LogP contribution >= 0.6 is 0 Å². The van der Waals surface area contributed by atoms with Crippen molar-refractivity contribution < 1.29 is 13.0 Å². The summed E-state index contributed by atoms with van der Waals surface area (Å²) in [6.45, 7) is 3.76. The molecule has 0 saturated carbocycles. The van der Waals surface area contributed by atoms with Gasteiger partial charge in [-0.2, -0.15) is 8.42 Å². The van der Waals surface area contributed by atoms with E-state index >= 15 is 0 Å². The van der Waals surface area contributed by atoms with Gasteiger partial charge in [-0.05, 0) is 17.5 Å². The average Bonchev–Trinajstić information content (AvgIpc) is 2.03. The summed E-state index contributed by atoms with van der Waals surface area (Å²) in [6.07, 6.45) is 0. The first-order chi connectivity index (χ1) is 5.93. The predicted octanol–water partition coefficient (Wildman–Crippen LogP) is 1.84. The average molecular weight is 240 g/mol. The van der Waals surface area contributed by atoms with Crippen molar-refractivity contribution in [3.05, 3.63) is 29.8 Å². The van der Waals surface area contributed by atoms with Gasteiger partial charge in [-0.3, -0.25) is 4.55 Å². The molecule has 1 aromatic rings. The van der Waals surface area contributed by atoms with Crippen molar-refractivity contribution in [2.75, 3.05) is 0 Å². The topological polar surface area (TPSA) is 89.4 Å². The SMILES string of the molecule is CC(C)c1ccccc1S(=O)(=O)O.N.[Na]. The van der Waals surface area contributed by atoms with Crippen LogP contribution in [0.1, 0.15) is 25.3 Å². The van der Waals surface area contributed by atoms with Gasteiger partial charge in [-0.15, -0.1) is 0 Å². The third-order valence-corrected chi connectivity index (χ3v) is 2.75. The van der Waals surface area contributed by atoms with Gasteiger partial charge in [0.05, 0.1) is 4.90 Å². The first-order valence-corrected chi connectivity index (χ1v) is 5.43. The monoisotopic (exact) mass is 240 g/mol. The van der Waals surface area contributed by atoms with E-state index in [9.17, 15) is 8.42 Å². The molecule has 1 rings (SSSR count). The van der Waals surface area contributed by atoms with E-state index in [1.54, 1.807) is 18.2 Å². The number of benzene rings is 1. The van der Waals surface area contributed by atoms with Crippen molar-refractivity contribution in [1.29, 1.82) is 0 Å². The smallest absolute Gasteiger partial charge is 0.294 e. The molecule has 1 radical (unpaired) electrons. The summed E-state index contributed by atoms with van der Waals surface area (Å²) in [5.41, 5.74) is 0.644. The molecule has 0 heterocycles. The summed E-state index contributed by atoms with van der Waals surface area (Å²) in [4.78, 5) is 0.00463. The summed E-state index contributed by atoms with van der Waals surface area (Å²) >= 11 is 0. The van der Waals surface area contributed by atoms with Crippen molar-refractivity contribution in [3.8, 4) is 0 Å². The van der Waals surface area contributed by atoms with Crippen LogP contribution in [0, 0.1) is 0 Å². The molecule has 1 aromatic carbocycles. The van der Waals surface area contributed by atoms with Crippen LogP contribution in [-0.4, -0.2) is 42.5 Å². The van der Waals surface area contributed by atoms with E-state index in [1.165, 1.54) is 6.07 Å². The van der Waals surface area contributed by atoms with E-state index in [2.05, 4.69) is 0 Å². The summed E-state index contributed by atoms with van der Waals surface area (Å²) in [5.74, 6) is 0.0816. The molecular weight excluding hydrogens is 225 g/mol. The van der Waals surface area contributed by atoms with E-state index in [0.29, 0.717) is 5.56 Å². The van der Waals surface area contributed by atoms with Gasteiger partial charge in [0.25, 0.3) is 10.1 Å². The molecule has 0 aliphatic heterocycles. The van der Waals surface area contributed by atoms with Crippen molar-refractivity contribution in [2.24, 2.45) is 0 Å². The zero-order valence-corrected chi connectivity index (χ0v) is 12.1. The molecule has 0 saturated heterocycles. The third kappa shape index (κ3) is 4.63.